The Labute approximate surface area is 180 Å². The maximum absolute atomic E-state index is 12.5. The Balaban J connectivity index is 1.57. The highest BCUT2D eigenvalue weighted by molar-refractivity contribution is 6.08. The number of nitrogens with one attached hydrogen (secondary N) is 2. The second kappa shape index (κ2) is 10.6. The number of carbonyl (C=O) groups is 3. The van der Waals surface area contributed by atoms with Crippen molar-refractivity contribution in [3.8, 4) is 5.75 Å². The molecule has 0 aromatic heterocycles. The van der Waals surface area contributed by atoms with Crippen LogP contribution in [0, 0.1) is 0 Å². The van der Waals surface area contributed by atoms with Crippen molar-refractivity contribution in [2.45, 2.75) is 6.54 Å². The summed E-state index contributed by atoms with van der Waals surface area (Å²) >= 11 is 0. The van der Waals surface area contributed by atoms with Gasteiger partial charge >= 0.3 is 5.97 Å². The van der Waals surface area contributed by atoms with E-state index in [4.69, 9.17) is 9.47 Å². The van der Waals surface area contributed by atoms with Crippen molar-refractivity contribution in [2.24, 2.45) is 0 Å². The first kappa shape index (κ1) is 21.6. The van der Waals surface area contributed by atoms with Gasteiger partial charge in [0.05, 0.1) is 18.4 Å². The minimum atomic E-state index is -0.712. The molecule has 2 N–H and O–H groups in total. The second-order valence-corrected chi connectivity index (χ2v) is 6.53. The van der Waals surface area contributed by atoms with Crippen molar-refractivity contribution >= 4 is 23.5 Å². The highest BCUT2D eigenvalue weighted by Gasteiger charge is 2.16. The molecule has 0 radical (unpaired) electrons. The van der Waals surface area contributed by atoms with E-state index in [0.717, 1.165) is 5.56 Å². The van der Waals surface area contributed by atoms with Gasteiger partial charge in [0.1, 0.15) is 5.75 Å². The average Bonchev–Trinajstić information content (AvgIpc) is 2.82. The van der Waals surface area contributed by atoms with Gasteiger partial charge in [0.15, 0.2) is 6.61 Å². The fourth-order valence-corrected chi connectivity index (χ4v) is 2.86. The van der Waals surface area contributed by atoms with Crippen LogP contribution in [-0.2, 0) is 16.1 Å². The molecule has 158 valence electrons. The van der Waals surface area contributed by atoms with E-state index in [1.165, 1.54) is 6.07 Å². The second-order valence-electron chi connectivity index (χ2n) is 6.53. The lowest BCUT2D eigenvalue weighted by molar-refractivity contribution is -0.124. The minimum absolute atomic E-state index is 0.157. The number of carbonyl (C=O) groups excluding carboxylic acids is 3. The Morgan fingerprint density at radius 1 is 0.839 bits per heavy atom. The zero-order valence-corrected chi connectivity index (χ0v) is 17.0. The molecule has 31 heavy (non-hydrogen) atoms. The van der Waals surface area contributed by atoms with Gasteiger partial charge in [0, 0.05) is 17.7 Å². The lowest BCUT2D eigenvalue weighted by Gasteiger charge is -2.12. The quantitative estimate of drug-likeness (QED) is 0.547. The summed E-state index contributed by atoms with van der Waals surface area (Å²) in [5.74, 6) is -0.861. The third-order valence-electron chi connectivity index (χ3n) is 4.43. The normalized spacial score (nSPS) is 10.1. The highest BCUT2D eigenvalue weighted by Crippen LogP contribution is 2.18. The third kappa shape index (κ3) is 5.93. The number of hydrogen-bond donors (Lipinski definition) is 2. The van der Waals surface area contributed by atoms with Crippen molar-refractivity contribution in [3.05, 3.63) is 95.6 Å². The molecule has 3 aromatic rings. The highest BCUT2D eigenvalue weighted by atomic mass is 16.5. The molecule has 7 nitrogen and oxygen atoms in total. The van der Waals surface area contributed by atoms with Crippen LogP contribution in [0.5, 0.6) is 5.75 Å². The number of esters is 1. The van der Waals surface area contributed by atoms with Crippen LogP contribution in [0.1, 0.15) is 26.3 Å². The number of amides is 2. The molecular weight excluding hydrogens is 396 g/mol. The summed E-state index contributed by atoms with van der Waals surface area (Å²) in [6.07, 6.45) is 0. The first-order valence-electron chi connectivity index (χ1n) is 9.59. The molecule has 0 saturated heterocycles. The number of benzene rings is 3. The Bertz CT molecular complexity index is 1070. The third-order valence-corrected chi connectivity index (χ3v) is 4.43. The zero-order chi connectivity index (χ0) is 22.1. The smallest absolute Gasteiger partial charge is 0.340 e. The van der Waals surface area contributed by atoms with E-state index in [0.29, 0.717) is 17.0 Å². The van der Waals surface area contributed by atoms with Gasteiger partial charge in [-0.25, -0.2) is 4.79 Å². The van der Waals surface area contributed by atoms with Gasteiger partial charge < -0.3 is 20.1 Å². The molecule has 0 fully saturated rings. The maximum atomic E-state index is 12.5. The summed E-state index contributed by atoms with van der Waals surface area (Å²) in [7, 11) is 1.55. The standard InChI is InChI=1S/C24H22N2O5/c1-30-21-14-8-5-11-18(21)15-25-22(27)16-31-24(29)19-12-6-7-13-20(19)26-23(28)17-9-3-2-4-10-17/h2-14H,15-16H2,1H3,(H,25,27)(H,26,28). The van der Waals surface area contributed by atoms with Gasteiger partial charge in [-0.3, -0.25) is 9.59 Å². The molecular formula is C24H22N2O5. The first-order valence-corrected chi connectivity index (χ1v) is 9.59. The molecule has 3 rings (SSSR count). The molecule has 3 aromatic carbocycles. The lowest BCUT2D eigenvalue weighted by atomic mass is 10.1. The van der Waals surface area contributed by atoms with E-state index in [-0.39, 0.29) is 18.0 Å². The number of anilines is 1. The summed E-state index contributed by atoms with van der Waals surface area (Å²) < 4.78 is 10.4. The largest absolute Gasteiger partial charge is 0.496 e. The Morgan fingerprint density at radius 2 is 1.52 bits per heavy atom. The fourth-order valence-electron chi connectivity index (χ4n) is 2.86. The number of methoxy groups -OCH3 is 1. The summed E-state index contributed by atoms with van der Waals surface area (Å²) in [5, 5.41) is 5.38. The Kier molecular flexibility index (Phi) is 7.37. The maximum Gasteiger partial charge on any atom is 0.340 e. The van der Waals surface area contributed by atoms with E-state index >= 15 is 0 Å². The van der Waals surface area contributed by atoms with E-state index < -0.39 is 18.5 Å². The van der Waals surface area contributed by atoms with Crippen molar-refractivity contribution < 1.29 is 23.9 Å². The van der Waals surface area contributed by atoms with Crippen LogP contribution in [-0.4, -0.2) is 31.5 Å². The van der Waals surface area contributed by atoms with Crippen LogP contribution in [0.2, 0.25) is 0 Å². The molecule has 0 heterocycles. The molecule has 0 aliphatic rings. The minimum Gasteiger partial charge on any atom is -0.496 e. The van der Waals surface area contributed by atoms with Crippen molar-refractivity contribution in [1.82, 2.24) is 5.32 Å². The number of para-hydroxylation sites is 2. The monoisotopic (exact) mass is 418 g/mol. The van der Waals surface area contributed by atoms with Gasteiger partial charge in [-0.05, 0) is 30.3 Å². The number of rotatable bonds is 8. The molecule has 0 saturated carbocycles. The molecule has 0 aliphatic heterocycles. The average molecular weight is 418 g/mol. The molecule has 0 bridgehead atoms. The van der Waals surface area contributed by atoms with E-state index in [1.807, 2.05) is 18.2 Å². The van der Waals surface area contributed by atoms with E-state index in [9.17, 15) is 14.4 Å². The molecule has 0 atom stereocenters. The van der Waals surface area contributed by atoms with Gasteiger partial charge in [0.2, 0.25) is 0 Å². The molecule has 2 amide bonds. The summed E-state index contributed by atoms with van der Waals surface area (Å²) in [6.45, 7) is -0.209. The molecule has 0 spiro atoms. The number of hydrogen-bond acceptors (Lipinski definition) is 5. The summed E-state index contributed by atoms with van der Waals surface area (Å²) in [5.41, 5.74) is 1.72. The van der Waals surface area contributed by atoms with Gasteiger partial charge in [-0.2, -0.15) is 0 Å². The fraction of sp³-hybridized carbons (Fsp3) is 0.125. The van der Waals surface area contributed by atoms with Crippen LogP contribution in [0.15, 0.2) is 78.9 Å². The first-order chi connectivity index (χ1) is 15.1. The van der Waals surface area contributed by atoms with Crippen molar-refractivity contribution in [1.29, 1.82) is 0 Å². The van der Waals surface area contributed by atoms with Crippen LogP contribution >= 0.6 is 0 Å². The predicted octanol–water partition coefficient (Wildman–Crippen LogP) is 3.42. The predicted molar refractivity (Wildman–Crippen MR) is 116 cm³/mol. The Hall–Kier alpha value is -4.13. The SMILES string of the molecule is COc1ccccc1CNC(=O)COC(=O)c1ccccc1NC(=O)c1ccccc1. The lowest BCUT2D eigenvalue weighted by Crippen LogP contribution is -2.28. The molecule has 0 unspecified atom stereocenters. The molecule has 7 heteroatoms. The van der Waals surface area contributed by atoms with Gasteiger partial charge in [-0.1, -0.05) is 48.5 Å². The van der Waals surface area contributed by atoms with Gasteiger partial charge in [0.25, 0.3) is 11.8 Å². The summed E-state index contributed by atoms with van der Waals surface area (Å²) in [4.78, 5) is 37.0. The van der Waals surface area contributed by atoms with E-state index in [1.54, 1.807) is 61.7 Å². The van der Waals surface area contributed by atoms with Crippen molar-refractivity contribution in [2.75, 3.05) is 19.0 Å². The topological polar surface area (TPSA) is 93.7 Å². The summed E-state index contributed by atoms with van der Waals surface area (Å²) in [6, 6.07) is 22.4. The Morgan fingerprint density at radius 3 is 2.29 bits per heavy atom. The van der Waals surface area contributed by atoms with Crippen LogP contribution < -0.4 is 15.4 Å². The van der Waals surface area contributed by atoms with E-state index in [2.05, 4.69) is 10.6 Å². The van der Waals surface area contributed by atoms with Crippen LogP contribution in [0.25, 0.3) is 0 Å². The zero-order valence-electron chi connectivity index (χ0n) is 17.0. The molecule has 0 aliphatic carbocycles. The van der Waals surface area contributed by atoms with Crippen molar-refractivity contribution in [3.63, 3.8) is 0 Å². The van der Waals surface area contributed by atoms with Crippen LogP contribution in [0.3, 0.4) is 0 Å². The number of ether oxygens (including phenoxy) is 2. The van der Waals surface area contributed by atoms with Gasteiger partial charge in [-0.15, -0.1) is 0 Å². The van der Waals surface area contributed by atoms with Crippen LogP contribution in [0.4, 0.5) is 5.69 Å².